The fourth-order valence-corrected chi connectivity index (χ4v) is 3.60. The van der Waals surface area contributed by atoms with E-state index >= 15 is 0 Å². The molecule has 2 aromatic rings. The summed E-state index contributed by atoms with van der Waals surface area (Å²) in [5.41, 5.74) is 1.97. The van der Waals surface area contributed by atoms with Crippen LogP contribution in [0, 0.1) is 19.8 Å². The summed E-state index contributed by atoms with van der Waals surface area (Å²) < 4.78 is 7.68. The van der Waals surface area contributed by atoms with Gasteiger partial charge in [0.2, 0.25) is 5.91 Å². The van der Waals surface area contributed by atoms with Crippen LogP contribution in [0.25, 0.3) is 0 Å². The van der Waals surface area contributed by atoms with Gasteiger partial charge in [0, 0.05) is 23.8 Å². The number of hydrogen-bond donors (Lipinski definition) is 0. The molecule has 5 nitrogen and oxygen atoms in total. The second-order valence-electron chi connectivity index (χ2n) is 7.08. The van der Waals surface area contributed by atoms with Crippen molar-refractivity contribution in [1.82, 2.24) is 14.7 Å². The number of carbonyl (C=O) groups is 1. The molecule has 0 saturated carbocycles. The van der Waals surface area contributed by atoms with Gasteiger partial charge in [0.1, 0.15) is 11.8 Å². The molecule has 26 heavy (non-hydrogen) atoms. The van der Waals surface area contributed by atoms with Crippen molar-refractivity contribution in [2.45, 2.75) is 39.7 Å². The zero-order chi connectivity index (χ0) is 18.7. The second-order valence-corrected chi connectivity index (χ2v) is 7.52. The maximum Gasteiger partial charge on any atom is 0.247 e. The van der Waals surface area contributed by atoms with E-state index in [4.69, 9.17) is 16.3 Å². The number of nitrogens with zero attached hydrogens (tertiary/aromatic N) is 3. The van der Waals surface area contributed by atoms with E-state index in [0.29, 0.717) is 17.5 Å². The van der Waals surface area contributed by atoms with E-state index in [2.05, 4.69) is 5.10 Å². The zero-order valence-corrected chi connectivity index (χ0v) is 16.4. The number of ether oxygens (including phenoxy) is 1. The van der Waals surface area contributed by atoms with E-state index in [1.807, 2.05) is 60.7 Å². The predicted molar refractivity (Wildman–Crippen MR) is 103 cm³/mol. The summed E-state index contributed by atoms with van der Waals surface area (Å²) >= 11 is 5.89. The number of amides is 1. The third-order valence-corrected chi connectivity index (χ3v) is 5.25. The van der Waals surface area contributed by atoms with Crippen LogP contribution in [0.1, 0.15) is 37.2 Å². The van der Waals surface area contributed by atoms with E-state index in [0.717, 1.165) is 43.1 Å². The highest BCUT2D eigenvalue weighted by Crippen LogP contribution is 2.23. The lowest BCUT2D eigenvalue weighted by molar-refractivity contribution is -0.136. The van der Waals surface area contributed by atoms with Gasteiger partial charge in [0.15, 0.2) is 0 Å². The summed E-state index contributed by atoms with van der Waals surface area (Å²) in [5.74, 6) is 1.46. The molecular weight excluding hydrogens is 350 g/mol. The Balaban J connectivity index is 1.49. The molecule has 0 N–H and O–H groups in total. The number of benzene rings is 1. The predicted octanol–water partition coefficient (Wildman–Crippen LogP) is 4.03. The molecule has 0 radical (unpaired) electrons. The zero-order valence-electron chi connectivity index (χ0n) is 15.6. The number of likely N-dealkylation sites (tertiary alicyclic amines) is 1. The topological polar surface area (TPSA) is 47.4 Å². The van der Waals surface area contributed by atoms with Crippen LogP contribution in [0.2, 0.25) is 5.02 Å². The average molecular weight is 376 g/mol. The number of aryl methyl sites for hydroxylation is 2. The first-order valence-corrected chi connectivity index (χ1v) is 9.51. The molecule has 1 amide bonds. The van der Waals surface area contributed by atoms with Crippen LogP contribution in [0.3, 0.4) is 0 Å². The third-order valence-electron chi connectivity index (χ3n) is 4.99. The lowest BCUT2D eigenvalue weighted by Crippen LogP contribution is -2.43. The van der Waals surface area contributed by atoms with E-state index < -0.39 is 0 Å². The summed E-state index contributed by atoms with van der Waals surface area (Å²) in [5, 5.41) is 5.16. The molecule has 1 atom stereocenters. The Labute approximate surface area is 159 Å². The number of carbonyl (C=O) groups excluding carboxylic acids is 1. The monoisotopic (exact) mass is 375 g/mol. The summed E-state index contributed by atoms with van der Waals surface area (Å²) in [6.45, 7) is 8.10. The van der Waals surface area contributed by atoms with Gasteiger partial charge >= 0.3 is 0 Å². The molecule has 0 spiro atoms. The van der Waals surface area contributed by atoms with Gasteiger partial charge in [-0.15, -0.1) is 0 Å². The van der Waals surface area contributed by atoms with Crippen molar-refractivity contribution in [2.75, 3.05) is 19.7 Å². The maximum atomic E-state index is 12.8. The number of rotatable bonds is 5. The fraction of sp³-hybridized carbons (Fsp3) is 0.500. The normalized spacial score (nSPS) is 16.5. The highest BCUT2D eigenvalue weighted by molar-refractivity contribution is 6.30. The van der Waals surface area contributed by atoms with Crippen LogP contribution in [0.5, 0.6) is 5.75 Å². The van der Waals surface area contributed by atoms with Crippen molar-refractivity contribution in [1.29, 1.82) is 0 Å². The highest BCUT2D eigenvalue weighted by atomic mass is 35.5. The Morgan fingerprint density at radius 1 is 1.27 bits per heavy atom. The molecular formula is C20H26ClN3O2. The Bertz CT molecular complexity index is 749. The molecule has 1 saturated heterocycles. The molecule has 1 aromatic heterocycles. The molecule has 140 valence electrons. The quantitative estimate of drug-likeness (QED) is 0.792. The number of piperidine rings is 1. The van der Waals surface area contributed by atoms with E-state index in [-0.39, 0.29) is 11.9 Å². The molecule has 1 aliphatic rings. The minimum atomic E-state index is -0.259. The van der Waals surface area contributed by atoms with Gasteiger partial charge in [-0.05, 0) is 69.9 Å². The first-order valence-electron chi connectivity index (χ1n) is 9.14. The summed E-state index contributed by atoms with van der Waals surface area (Å²) in [7, 11) is 0. The van der Waals surface area contributed by atoms with Crippen LogP contribution in [0.15, 0.2) is 30.3 Å². The average Bonchev–Trinajstić information content (AvgIpc) is 2.98. The van der Waals surface area contributed by atoms with E-state index in [1.54, 1.807) is 0 Å². The summed E-state index contributed by atoms with van der Waals surface area (Å²) in [4.78, 5) is 14.8. The lowest BCUT2D eigenvalue weighted by atomic mass is 9.97. The van der Waals surface area contributed by atoms with Crippen LogP contribution < -0.4 is 4.74 Å². The molecule has 6 heteroatoms. The van der Waals surface area contributed by atoms with Gasteiger partial charge < -0.3 is 9.64 Å². The molecule has 1 aromatic carbocycles. The van der Waals surface area contributed by atoms with Crippen LogP contribution in [-0.4, -0.2) is 40.3 Å². The lowest BCUT2D eigenvalue weighted by Gasteiger charge is -2.33. The van der Waals surface area contributed by atoms with Crippen molar-refractivity contribution in [2.24, 2.45) is 5.92 Å². The van der Waals surface area contributed by atoms with Crippen molar-refractivity contribution in [3.05, 3.63) is 46.7 Å². The summed E-state index contributed by atoms with van der Waals surface area (Å²) in [6.07, 6.45) is 1.92. The van der Waals surface area contributed by atoms with Gasteiger partial charge in [0.05, 0.1) is 12.3 Å². The number of aromatic nitrogens is 2. The first kappa shape index (κ1) is 18.8. The van der Waals surface area contributed by atoms with Gasteiger partial charge in [-0.3, -0.25) is 9.48 Å². The highest BCUT2D eigenvalue weighted by Gasteiger charge is 2.28. The van der Waals surface area contributed by atoms with Gasteiger partial charge in [-0.2, -0.15) is 5.10 Å². The SMILES string of the molecule is Cc1cc(C)n([C@@H](C)C(=O)N2CCC(COc3ccc(Cl)cc3)CC2)n1. The molecule has 3 rings (SSSR count). The van der Waals surface area contributed by atoms with Crippen molar-refractivity contribution < 1.29 is 9.53 Å². The Hall–Kier alpha value is -2.01. The molecule has 1 aliphatic heterocycles. The van der Waals surface area contributed by atoms with E-state index in [9.17, 15) is 4.79 Å². The largest absolute Gasteiger partial charge is 0.493 e. The Morgan fingerprint density at radius 2 is 1.92 bits per heavy atom. The molecule has 0 aliphatic carbocycles. The van der Waals surface area contributed by atoms with Gasteiger partial charge in [-0.1, -0.05) is 11.6 Å². The first-order chi connectivity index (χ1) is 12.4. The second kappa shape index (κ2) is 8.12. The number of halogens is 1. The summed E-state index contributed by atoms with van der Waals surface area (Å²) in [6, 6.07) is 9.18. The molecule has 2 heterocycles. The van der Waals surface area contributed by atoms with Crippen LogP contribution in [0.4, 0.5) is 0 Å². The van der Waals surface area contributed by atoms with Crippen molar-refractivity contribution >= 4 is 17.5 Å². The molecule has 0 unspecified atom stereocenters. The third kappa shape index (κ3) is 4.39. The fourth-order valence-electron chi connectivity index (χ4n) is 3.47. The molecule has 0 bridgehead atoms. The van der Waals surface area contributed by atoms with Crippen LogP contribution >= 0.6 is 11.6 Å². The maximum absolute atomic E-state index is 12.8. The minimum absolute atomic E-state index is 0.147. The van der Waals surface area contributed by atoms with E-state index in [1.165, 1.54) is 0 Å². The van der Waals surface area contributed by atoms with Gasteiger partial charge in [-0.25, -0.2) is 0 Å². The van der Waals surface area contributed by atoms with Crippen LogP contribution in [-0.2, 0) is 4.79 Å². The Morgan fingerprint density at radius 3 is 2.50 bits per heavy atom. The standard InChI is InChI=1S/C20H26ClN3O2/c1-14-12-15(2)24(22-14)16(3)20(25)23-10-8-17(9-11-23)13-26-19-6-4-18(21)5-7-19/h4-7,12,16-17H,8-11,13H2,1-3H3/t16-/m0/s1. The van der Waals surface area contributed by atoms with Crippen molar-refractivity contribution in [3.8, 4) is 5.75 Å². The molecule has 1 fully saturated rings. The Kier molecular flexibility index (Phi) is 5.87. The van der Waals surface area contributed by atoms with Gasteiger partial charge in [0.25, 0.3) is 0 Å². The smallest absolute Gasteiger partial charge is 0.247 e. The van der Waals surface area contributed by atoms with Crippen molar-refractivity contribution in [3.63, 3.8) is 0 Å². The minimum Gasteiger partial charge on any atom is -0.493 e. The number of hydrogen-bond acceptors (Lipinski definition) is 3.